The van der Waals surface area contributed by atoms with Crippen LogP contribution in [0.3, 0.4) is 0 Å². The second-order valence-electron chi connectivity index (χ2n) is 3.04. The van der Waals surface area contributed by atoms with Gasteiger partial charge >= 0.3 is 0 Å². The van der Waals surface area contributed by atoms with Crippen molar-refractivity contribution in [3.05, 3.63) is 29.8 Å². The number of methoxy groups -OCH3 is 1. The molecule has 0 atom stereocenters. The zero-order valence-electron chi connectivity index (χ0n) is 8.92. The van der Waals surface area contributed by atoms with Crippen molar-refractivity contribution in [3.8, 4) is 17.4 Å². The second-order valence-corrected chi connectivity index (χ2v) is 3.47. The van der Waals surface area contributed by atoms with E-state index in [1.807, 2.05) is 0 Å². The molecule has 0 aliphatic carbocycles. The van der Waals surface area contributed by atoms with Crippen LogP contribution in [0.4, 0.5) is 5.82 Å². The minimum atomic E-state index is 0.201. The number of halogens is 1. The van der Waals surface area contributed by atoms with Crippen LogP contribution in [0.1, 0.15) is 0 Å². The van der Waals surface area contributed by atoms with E-state index in [2.05, 4.69) is 15.0 Å². The van der Waals surface area contributed by atoms with Gasteiger partial charge in [0, 0.05) is 12.3 Å². The first-order chi connectivity index (χ1) is 8.20. The van der Waals surface area contributed by atoms with Crippen molar-refractivity contribution < 1.29 is 9.47 Å². The molecule has 2 aromatic heterocycles. The quantitative estimate of drug-likeness (QED) is 0.898. The van der Waals surface area contributed by atoms with Crippen molar-refractivity contribution in [2.45, 2.75) is 0 Å². The lowest BCUT2D eigenvalue weighted by atomic mass is 10.4. The number of nitrogens with two attached hydrogens (primary N) is 1. The highest BCUT2D eigenvalue weighted by Gasteiger charge is 2.12. The van der Waals surface area contributed by atoms with Gasteiger partial charge in [0.2, 0.25) is 5.75 Å². The van der Waals surface area contributed by atoms with Crippen LogP contribution in [-0.2, 0) is 0 Å². The highest BCUT2D eigenvalue weighted by molar-refractivity contribution is 6.30. The molecule has 0 bridgehead atoms. The van der Waals surface area contributed by atoms with Crippen LogP contribution in [0, 0.1) is 0 Å². The van der Waals surface area contributed by atoms with Crippen LogP contribution in [-0.4, -0.2) is 22.1 Å². The van der Waals surface area contributed by atoms with Gasteiger partial charge in [0.1, 0.15) is 12.1 Å². The lowest BCUT2D eigenvalue weighted by Gasteiger charge is -2.09. The highest BCUT2D eigenvalue weighted by Crippen LogP contribution is 2.32. The zero-order valence-corrected chi connectivity index (χ0v) is 9.68. The van der Waals surface area contributed by atoms with Crippen molar-refractivity contribution in [3.63, 3.8) is 0 Å². The van der Waals surface area contributed by atoms with Gasteiger partial charge in [-0.3, -0.25) is 4.98 Å². The second kappa shape index (κ2) is 4.84. The van der Waals surface area contributed by atoms with Gasteiger partial charge in [0.15, 0.2) is 5.82 Å². The summed E-state index contributed by atoms with van der Waals surface area (Å²) in [5.41, 5.74) is 5.62. The van der Waals surface area contributed by atoms with Gasteiger partial charge in [-0.1, -0.05) is 11.6 Å². The summed E-state index contributed by atoms with van der Waals surface area (Å²) in [6.45, 7) is 0. The minimum absolute atomic E-state index is 0.201. The molecule has 0 spiro atoms. The summed E-state index contributed by atoms with van der Waals surface area (Å²) in [6.07, 6.45) is 4.29. The van der Waals surface area contributed by atoms with Crippen LogP contribution >= 0.6 is 11.6 Å². The van der Waals surface area contributed by atoms with E-state index in [0.29, 0.717) is 10.8 Å². The van der Waals surface area contributed by atoms with Crippen LogP contribution in [0.15, 0.2) is 24.8 Å². The fraction of sp³-hybridized carbons (Fsp3) is 0.100. The van der Waals surface area contributed by atoms with E-state index < -0.39 is 0 Å². The fourth-order valence-electron chi connectivity index (χ4n) is 1.19. The van der Waals surface area contributed by atoms with Crippen molar-refractivity contribution in [1.82, 2.24) is 15.0 Å². The molecule has 88 valence electrons. The SMILES string of the molecule is COc1c(N)ncnc1Oc1cncc(Cl)c1. The maximum atomic E-state index is 5.78. The molecule has 0 amide bonds. The molecule has 2 aromatic rings. The Balaban J connectivity index is 2.33. The highest BCUT2D eigenvalue weighted by atomic mass is 35.5. The molecular formula is C10H9ClN4O2. The van der Waals surface area contributed by atoms with E-state index >= 15 is 0 Å². The minimum Gasteiger partial charge on any atom is -0.489 e. The average Bonchev–Trinajstić information content (AvgIpc) is 2.29. The Bertz CT molecular complexity index is 535. The monoisotopic (exact) mass is 252 g/mol. The van der Waals surface area contributed by atoms with E-state index in [1.165, 1.54) is 25.8 Å². The van der Waals surface area contributed by atoms with Gasteiger partial charge in [-0.25, -0.2) is 4.98 Å². The molecule has 2 N–H and O–H groups in total. The van der Waals surface area contributed by atoms with Gasteiger partial charge in [0.25, 0.3) is 5.88 Å². The van der Waals surface area contributed by atoms with E-state index in [9.17, 15) is 0 Å². The number of hydrogen-bond acceptors (Lipinski definition) is 6. The van der Waals surface area contributed by atoms with Gasteiger partial charge in [-0.15, -0.1) is 0 Å². The van der Waals surface area contributed by atoms with Gasteiger partial charge in [-0.2, -0.15) is 4.98 Å². The van der Waals surface area contributed by atoms with E-state index in [0.717, 1.165) is 0 Å². The number of rotatable bonds is 3. The number of ether oxygens (including phenoxy) is 2. The predicted octanol–water partition coefficient (Wildman–Crippen LogP) is 1.91. The number of nitrogens with zero attached hydrogens (tertiary/aromatic N) is 3. The zero-order chi connectivity index (χ0) is 12.3. The van der Waals surface area contributed by atoms with Gasteiger partial charge < -0.3 is 15.2 Å². The van der Waals surface area contributed by atoms with Crippen molar-refractivity contribution in [2.24, 2.45) is 0 Å². The largest absolute Gasteiger partial charge is 0.489 e. The maximum Gasteiger partial charge on any atom is 0.268 e. The van der Waals surface area contributed by atoms with Gasteiger partial charge in [-0.05, 0) is 0 Å². The Morgan fingerprint density at radius 1 is 1.29 bits per heavy atom. The molecule has 0 radical (unpaired) electrons. The average molecular weight is 253 g/mol. The Labute approximate surface area is 102 Å². The lowest BCUT2D eigenvalue weighted by Crippen LogP contribution is -2.00. The summed E-state index contributed by atoms with van der Waals surface area (Å²) in [5.74, 6) is 1.12. The first-order valence-corrected chi connectivity index (χ1v) is 5.01. The molecule has 6 nitrogen and oxygen atoms in total. The van der Waals surface area contributed by atoms with Crippen LogP contribution in [0.2, 0.25) is 5.02 Å². The molecule has 2 heterocycles. The third-order valence-corrected chi connectivity index (χ3v) is 2.10. The molecule has 7 heteroatoms. The molecule has 0 unspecified atom stereocenters. The fourth-order valence-corrected chi connectivity index (χ4v) is 1.36. The molecule has 0 saturated heterocycles. The normalized spacial score (nSPS) is 10.0. The Morgan fingerprint density at radius 2 is 2.12 bits per heavy atom. The van der Waals surface area contributed by atoms with E-state index in [4.69, 9.17) is 26.8 Å². The number of aromatic nitrogens is 3. The summed E-state index contributed by atoms with van der Waals surface area (Å²) >= 11 is 5.78. The van der Waals surface area contributed by atoms with E-state index in [-0.39, 0.29) is 17.4 Å². The molecule has 0 aliphatic rings. The first kappa shape index (κ1) is 11.4. The van der Waals surface area contributed by atoms with E-state index in [1.54, 1.807) is 6.07 Å². The lowest BCUT2D eigenvalue weighted by molar-refractivity contribution is 0.369. The number of anilines is 1. The standard InChI is InChI=1S/C10H9ClN4O2/c1-16-8-9(12)14-5-15-10(8)17-7-2-6(11)3-13-4-7/h2-5H,1H3,(H2,12,14,15). The summed E-state index contributed by atoms with van der Waals surface area (Å²) < 4.78 is 10.5. The third-order valence-electron chi connectivity index (χ3n) is 1.90. The molecule has 17 heavy (non-hydrogen) atoms. The number of hydrogen-bond donors (Lipinski definition) is 1. The first-order valence-electron chi connectivity index (χ1n) is 4.63. The third kappa shape index (κ3) is 2.54. The Kier molecular flexibility index (Phi) is 3.24. The molecule has 2 rings (SSSR count). The molecule has 0 aliphatic heterocycles. The summed E-state index contributed by atoms with van der Waals surface area (Å²) in [6, 6.07) is 1.60. The topological polar surface area (TPSA) is 83.2 Å². The molecule has 0 aromatic carbocycles. The van der Waals surface area contributed by atoms with Crippen molar-refractivity contribution >= 4 is 17.4 Å². The smallest absolute Gasteiger partial charge is 0.268 e. The van der Waals surface area contributed by atoms with Crippen LogP contribution in [0.25, 0.3) is 0 Å². The number of pyridine rings is 1. The summed E-state index contributed by atoms with van der Waals surface area (Å²) in [5, 5.41) is 0.462. The molecular weight excluding hydrogens is 244 g/mol. The number of nitrogen functional groups attached to an aromatic ring is 1. The van der Waals surface area contributed by atoms with Crippen LogP contribution < -0.4 is 15.2 Å². The van der Waals surface area contributed by atoms with Crippen molar-refractivity contribution in [2.75, 3.05) is 12.8 Å². The predicted molar refractivity (Wildman–Crippen MR) is 62.3 cm³/mol. The maximum absolute atomic E-state index is 5.78. The van der Waals surface area contributed by atoms with Gasteiger partial charge in [0.05, 0.1) is 18.3 Å². The molecule has 0 saturated carbocycles. The Hall–Kier alpha value is -2.08. The Morgan fingerprint density at radius 3 is 2.82 bits per heavy atom. The molecule has 0 fully saturated rings. The van der Waals surface area contributed by atoms with Crippen LogP contribution in [0.5, 0.6) is 17.4 Å². The summed E-state index contributed by atoms with van der Waals surface area (Å²) in [4.78, 5) is 11.6. The summed E-state index contributed by atoms with van der Waals surface area (Å²) in [7, 11) is 1.46. The van der Waals surface area contributed by atoms with Crippen molar-refractivity contribution in [1.29, 1.82) is 0 Å².